The number of aryl methyl sites for hydroxylation is 1. The van der Waals surface area contributed by atoms with Gasteiger partial charge in [0, 0.05) is 22.6 Å². The minimum absolute atomic E-state index is 0.223. The molecule has 2 fully saturated rings. The van der Waals surface area contributed by atoms with Crippen LogP contribution in [0.4, 0.5) is 0 Å². The van der Waals surface area contributed by atoms with Crippen LogP contribution in [0.1, 0.15) is 70.6 Å². The molecule has 5 nitrogen and oxygen atoms in total. The summed E-state index contributed by atoms with van der Waals surface area (Å²) in [6, 6.07) is 0. The molecule has 1 aliphatic carbocycles. The zero-order valence-corrected chi connectivity index (χ0v) is 17.0. The Bertz CT molecular complexity index is 626. The van der Waals surface area contributed by atoms with Crippen molar-refractivity contribution in [2.24, 2.45) is 11.7 Å². The van der Waals surface area contributed by atoms with E-state index in [-0.39, 0.29) is 11.8 Å². The Balaban J connectivity index is 1.77. The molecular formula is C20H31NO4S. The van der Waals surface area contributed by atoms with Crippen LogP contribution in [0.25, 0.3) is 0 Å². The summed E-state index contributed by atoms with van der Waals surface area (Å²) in [5, 5.41) is 0. The molecular weight excluding hydrogens is 350 g/mol. The Morgan fingerprint density at radius 2 is 2.00 bits per heavy atom. The number of hydrogen-bond donors (Lipinski definition) is 1. The fraction of sp³-hybridized carbons (Fsp3) is 0.750. The number of rotatable bonds is 6. The molecule has 0 radical (unpaired) electrons. The van der Waals surface area contributed by atoms with E-state index < -0.39 is 0 Å². The van der Waals surface area contributed by atoms with E-state index in [2.05, 4.69) is 13.8 Å². The van der Waals surface area contributed by atoms with Crippen molar-refractivity contribution in [1.29, 1.82) is 0 Å². The fourth-order valence-electron chi connectivity index (χ4n) is 4.41. The highest BCUT2D eigenvalue weighted by Crippen LogP contribution is 2.46. The molecule has 3 rings (SSSR count). The van der Waals surface area contributed by atoms with Crippen molar-refractivity contribution >= 4 is 17.3 Å². The molecule has 2 heterocycles. The van der Waals surface area contributed by atoms with Crippen LogP contribution in [0.3, 0.4) is 0 Å². The smallest absolute Gasteiger partial charge is 0.339 e. The molecule has 2 N–H and O–H groups in total. The van der Waals surface area contributed by atoms with Crippen LogP contribution in [0.2, 0.25) is 0 Å². The highest BCUT2D eigenvalue weighted by molar-refractivity contribution is 7.12. The van der Waals surface area contributed by atoms with Crippen molar-refractivity contribution < 1.29 is 19.0 Å². The Hall–Kier alpha value is -0.950. The van der Waals surface area contributed by atoms with E-state index in [0.29, 0.717) is 18.4 Å². The summed E-state index contributed by atoms with van der Waals surface area (Å²) in [6.07, 6.45) is 5.87. The number of hydrogen-bond acceptors (Lipinski definition) is 6. The van der Waals surface area contributed by atoms with Crippen LogP contribution in [-0.2, 0) is 20.6 Å². The van der Waals surface area contributed by atoms with Crippen LogP contribution in [0.5, 0.6) is 0 Å². The molecule has 26 heavy (non-hydrogen) atoms. The normalized spacial score (nSPS) is 21.2. The number of carbonyl (C=O) groups is 1. The van der Waals surface area contributed by atoms with E-state index >= 15 is 0 Å². The van der Waals surface area contributed by atoms with Crippen LogP contribution >= 0.6 is 11.3 Å². The molecule has 1 spiro atoms. The van der Waals surface area contributed by atoms with Crippen molar-refractivity contribution in [3.63, 3.8) is 0 Å². The van der Waals surface area contributed by atoms with Gasteiger partial charge in [0.05, 0.1) is 25.9 Å². The van der Waals surface area contributed by atoms with Crippen molar-refractivity contribution in [1.82, 2.24) is 0 Å². The monoisotopic (exact) mass is 381 g/mol. The minimum atomic E-state index is -0.315. The largest absolute Gasteiger partial charge is 0.465 e. The molecule has 1 saturated heterocycles. The molecule has 1 unspecified atom stereocenters. The zero-order valence-electron chi connectivity index (χ0n) is 16.1. The third kappa shape index (κ3) is 3.84. The third-order valence-corrected chi connectivity index (χ3v) is 7.53. The predicted octanol–water partition coefficient (Wildman–Crippen LogP) is 3.77. The average Bonchev–Trinajstić information content (AvgIpc) is 3.24. The lowest BCUT2D eigenvalue weighted by Gasteiger charge is -2.37. The number of esters is 1. The van der Waals surface area contributed by atoms with Gasteiger partial charge < -0.3 is 19.9 Å². The standard InChI is InChI=1S/C20H31NO4S/c1-13(15-6-8-20(9-7-15)24-11-12-25-20)18-14(2)17(19(22)23-3)16(26-18)5-4-10-21/h13,15H,4-12,21H2,1-3H3. The van der Waals surface area contributed by atoms with E-state index in [0.717, 1.165) is 67.7 Å². The van der Waals surface area contributed by atoms with Gasteiger partial charge in [-0.25, -0.2) is 4.79 Å². The second-order valence-electron chi connectivity index (χ2n) is 7.51. The maximum atomic E-state index is 12.3. The zero-order chi connectivity index (χ0) is 18.7. The van der Waals surface area contributed by atoms with Gasteiger partial charge in [0.1, 0.15) is 0 Å². The summed E-state index contributed by atoms with van der Waals surface area (Å²) in [7, 11) is 1.46. The molecule has 1 atom stereocenters. The molecule has 1 aliphatic heterocycles. The summed E-state index contributed by atoms with van der Waals surface area (Å²) in [4.78, 5) is 14.8. The predicted molar refractivity (Wildman–Crippen MR) is 103 cm³/mol. The van der Waals surface area contributed by atoms with E-state index in [1.165, 1.54) is 12.0 Å². The van der Waals surface area contributed by atoms with Gasteiger partial charge in [-0.05, 0) is 56.6 Å². The molecule has 2 aliphatic rings. The van der Waals surface area contributed by atoms with Gasteiger partial charge in [-0.1, -0.05) is 6.92 Å². The molecule has 1 aromatic rings. The Morgan fingerprint density at radius 3 is 2.58 bits per heavy atom. The second-order valence-corrected chi connectivity index (χ2v) is 8.64. The molecule has 1 saturated carbocycles. The van der Waals surface area contributed by atoms with Crippen molar-refractivity contribution in [2.45, 2.75) is 64.1 Å². The van der Waals surface area contributed by atoms with Crippen molar-refractivity contribution in [3.8, 4) is 0 Å². The lowest BCUT2D eigenvalue weighted by molar-refractivity contribution is -0.183. The molecule has 1 aromatic heterocycles. The molecule has 0 aromatic carbocycles. The van der Waals surface area contributed by atoms with Gasteiger partial charge in [-0.15, -0.1) is 11.3 Å². The summed E-state index contributed by atoms with van der Waals surface area (Å²) < 4.78 is 16.8. The quantitative estimate of drug-likeness (QED) is 0.760. The number of thiophene rings is 1. The summed E-state index contributed by atoms with van der Waals surface area (Å²) in [5.74, 6) is 0.483. The highest BCUT2D eigenvalue weighted by atomic mass is 32.1. The SMILES string of the molecule is COC(=O)c1c(CCCN)sc(C(C)C2CCC3(CC2)OCCO3)c1C. The van der Waals surface area contributed by atoms with Gasteiger partial charge in [0.15, 0.2) is 5.79 Å². The summed E-state index contributed by atoms with van der Waals surface area (Å²) in [6.45, 7) is 6.43. The first-order valence-electron chi connectivity index (χ1n) is 9.70. The lowest BCUT2D eigenvalue weighted by Crippen LogP contribution is -2.36. The first-order valence-corrected chi connectivity index (χ1v) is 10.5. The molecule has 0 bridgehead atoms. The average molecular weight is 382 g/mol. The second kappa shape index (κ2) is 8.38. The van der Waals surface area contributed by atoms with Gasteiger partial charge in [0.2, 0.25) is 0 Å². The number of ether oxygens (including phenoxy) is 3. The third-order valence-electron chi connectivity index (χ3n) is 5.98. The number of methoxy groups -OCH3 is 1. The van der Waals surface area contributed by atoms with Gasteiger partial charge in [-0.2, -0.15) is 0 Å². The van der Waals surface area contributed by atoms with Gasteiger partial charge >= 0.3 is 5.97 Å². The highest BCUT2D eigenvalue weighted by Gasteiger charge is 2.42. The maximum absolute atomic E-state index is 12.3. The topological polar surface area (TPSA) is 70.8 Å². The Kier molecular flexibility index (Phi) is 6.38. The van der Waals surface area contributed by atoms with E-state index in [9.17, 15) is 4.79 Å². The number of nitrogens with two attached hydrogens (primary N) is 1. The van der Waals surface area contributed by atoms with E-state index in [1.807, 2.05) is 0 Å². The lowest BCUT2D eigenvalue weighted by atomic mass is 9.77. The molecule has 6 heteroatoms. The maximum Gasteiger partial charge on any atom is 0.339 e. The Labute approximate surface area is 160 Å². The van der Waals surface area contributed by atoms with Crippen LogP contribution in [0.15, 0.2) is 0 Å². The van der Waals surface area contributed by atoms with Crippen LogP contribution in [0, 0.1) is 12.8 Å². The number of carbonyl (C=O) groups excluding carboxylic acids is 1. The van der Waals surface area contributed by atoms with E-state index in [4.69, 9.17) is 19.9 Å². The Morgan fingerprint density at radius 1 is 1.35 bits per heavy atom. The summed E-state index contributed by atoms with van der Waals surface area (Å²) in [5.41, 5.74) is 7.54. The fourth-order valence-corrected chi connectivity index (χ4v) is 5.90. The summed E-state index contributed by atoms with van der Waals surface area (Å²) >= 11 is 1.78. The van der Waals surface area contributed by atoms with Gasteiger partial charge in [0.25, 0.3) is 0 Å². The molecule has 146 valence electrons. The first kappa shape index (κ1) is 19.8. The molecule has 0 amide bonds. The van der Waals surface area contributed by atoms with Crippen LogP contribution < -0.4 is 5.73 Å². The minimum Gasteiger partial charge on any atom is -0.465 e. The van der Waals surface area contributed by atoms with Crippen molar-refractivity contribution in [2.75, 3.05) is 26.9 Å². The van der Waals surface area contributed by atoms with Gasteiger partial charge in [-0.3, -0.25) is 0 Å². The van der Waals surface area contributed by atoms with Crippen molar-refractivity contribution in [3.05, 3.63) is 20.9 Å². The van der Waals surface area contributed by atoms with E-state index in [1.54, 1.807) is 11.3 Å². The first-order chi connectivity index (χ1) is 12.5. The van der Waals surface area contributed by atoms with Crippen LogP contribution in [-0.4, -0.2) is 38.6 Å².